The minimum Gasteiger partial charge on any atom is -0.356 e. The Morgan fingerprint density at radius 1 is 0.938 bits per heavy atom. The van der Waals surface area contributed by atoms with Crippen LogP contribution in [0.3, 0.4) is 0 Å². The second-order valence-electron chi connectivity index (χ2n) is 4.32. The molecule has 0 aromatic heterocycles. The molecule has 0 rings (SSSR count). The number of hydrogen-bond acceptors (Lipinski definition) is 2. The van der Waals surface area contributed by atoms with Crippen molar-refractivity contribution in [3.8, 4) is 0 Å². The van der Waals surface area contributed by atoms with Crippen LogP contribution in [0.5, 0.6) is 0 Å². The predicted octanol–water partition coefficient (Wildman–Crippen LogP) is 2.46. The van der Waals surface area contributed by atoms with Crippen molar-refractivity contribution in [3.05, 3.63) is 0 Å². The van der Waals surface area contributed by atoms with Crippen LogP contribution in [0.1, 0.15) is 58.3 Å². The normalized spacial score (nSPS) is 10.4. The molecule has 0 aliphatic carbocycles. The van der Waals surface area contributed by atoms with E-state index in [2.05, 4.69) is 17.6 Å². The zero-order valence-electron chi connectivity index (χ0n) is 11.0. The summed E-state index contributed by atoms with van der Waals surface area (Å²) >= 11 is 0. The average molecular weight is 228 g/mol. The number of unbranched alkanes of at least 4 members (excludes halogenated alkanes) is 5. The highest BCUT2D eigenvalue weighted by Crippen LogP contribution is 2.06. The maximum atomic E-state index is 11.4. The molecular weight excluding hydrogens is 200 g/mol. The first-order valence-electron chi connectivity index (χ1n) is 6.72. The summed E-state index contributed by atoms with van der Waals surface area (Å²) in [6, 6.07) is 0. The number of carbonyl (C=O) groups is 1. The second-order valence-corrected chi connectivity index (χ2v) is 4.32. The van der Waals surface area contributed by atoms with E-state index in [1.807, 2.05) is 7.05 Å². The van der Waals surface area contributed by atoms with Crippen LogP contribution >= 0.6 is 0 Å². The summed E-state index contributed by atoms with van der Waals surface area (Å²) in [7, 11) is 1.93. The van der Waals surface area contributed by atoms with Crippen LogP contribution in [0.15, 0.2) is 0 Å². The molecule has 0 saturated heterocycles. The number of amides is 1. The molecule has 0 unspecified atom stereocenters. The topological polar surface area (TPSA) is 41.1 Å². The van der Waals surface area contributed by atoms with E-state index in [-0.39, 0.29) is 5.91 Å². The lowest BCUT2D eigenvalue weighted by Gasteiger charge is -2.04. The summed E-state index contributed by atoms with van der Waals surface area (Å²) in [6.07, 6.45) is 9.17. The third kappa shape index (κ3) is 11.5. The third-order valence-electron chi connectivity index (χ3n) is 2.68. The standard InChI is InChI=1S/C13H28N2O/c1-3-4-5-6-7-8-10-13(16)15-12-9-11-14-2/h14H,3-12H2,1-2H3,(H,15,16). The van der Waals surface area contributed by atoms with Crippen molar-refractivity contribution in [2.75, 3.05) is 20.1 Å². The van der Waals surface area contributed by atoms with Gasteiger partial charge in [0.25, 0.3) is 0 Å². The largest absolute Gasteiger partial charge is 0.356 e. The van der Waals surface area contributed by atoms with Gasteiger partial charge in [0, 0.05) is 13.0 Å². The Balaban J connectivity index is 3.11. The molecule has 2 N–H and O–H groups in total. The van der Waals surface area contributed by atoms with E-state index in [0.29, 0.717) is 6.42 Å². The summed E-state index contributed by atoms with van der Waals surface area (Å²) in [4.78, 5) is 11.4. The minimum atomic E-state index is 0.214. The van der Waals surface area contributed by atoms with Crippen molar-refractivity contribution in [1.29, 1.82) is 0 Å². The number of hydrogen-bond donors (Lipinski definition) is 2. The van der Waals surface area contributed by atoms with E-state index in [9.17, 15) is 4.79 Å². The minimum absolute atomic E-state index is 0.214. The first kappa shape index (κ1) is 15.4. The van der Waals surface area contributed by atoms with E-state index in [0.717, 1.165) is 25.9 Å². The van der Waals surface area contributed by atoms with Crippen LogP contribution in [-0.4, -0.2) is 26.0 Å². The first-order chi connectivity index (χ1) is 7.81. The van der Waals surface area contributed by atoms with Crippen molar-refractivity contribution in [2.24, 2.45) is 0 Å². The SMILES string of the molecule is CCCCCCCCC(=O)NCCCNC. The highest BCUT2D eigenvalue weighted by atomic mass is 16.1. The van der Waals surface area contributed by atoms with E-state index >= 15 is 0 Å². The molecule has 0 spiro atoms. The van der Waals surface area contributed by atoms with Gasteiger partial charge in [-0.3, -0.25) is 4.79 Å². The van der Waals surface area contributed by atoms with Crippen LogP contribution in [0, 0.1) is 0 Å². The van der Waals surface area contributed by atoms with Gasteiger partial charge in [-0.15, -0.1) is 0 Å². The number of rotatable bonds is 11. The van der Waals surface area contributed by atoms with E-state index in [1.54, 1.807) is 0 Å². The van der Waals surface area contributed by atoms with Gasteiger partial charge in [-0.25, -0.2) is 0 Å². The van der Waals surface area contributed by atoms with Gasteiger partial charge in [0.15, 0.2) is 0 Å². The molecule has 0 aromatic carbocycles. The van der Waals surface area contributed by atoms with E-state index in [4.69, 9.17) is 0 Å². The number of nitrogens with one attached hydrogen (secondary N) is 2. The Kier molecular flexibility index (Phi) is 12.1. The van der Waals surface area contributed by atoms with Crippen LogP contribution in [0.25, 0.3) is 0 Å². The average Bonchev–Trinajstić information content (AvgIpc) is 2.29. The van der Waals surface area contributed by atoms with Crippen molar-refractivity contribution in [3.63, 3.8) is 0 Å². The monoisotopic (exact) mass is 228 g/mol. The molecule has 0 saturated carbocycles. The molecule has 3 nitrogen and oxygen atoms in total. The molecule has 0 aromatic rings. The number of carbonyl (C=O) groups excluding carboxylic acids is 1. The van der Waals surface area contributed by atoms with Gasteiger partial charge < -0.3 is 10.6 Å². The molecule has 96 valence electrons. The molecule has 16 heavy (non-hydrogen) atoms. The fourth-order valence-corrected chi connectivity index (χ4v) is 1.65. The molecule has 0 radical (unpaired) electrons. The fraction of sp³-hybridized carbons (Fsp3) is 0.923. The maximum Gasteiger partial charge on any atom is 0.219 e. The van der Waals surface area contributed by atoms with Crippen LogP contribution < -0.4 is 10.6 Å². The summed E-state index contributed by atoms with van der Waals surface area (Å²) in [5.74, 6) is 0.214. The van der Waals surface area contributed by atoms with Gasteiger partial charge in [0.2, 0.25) is 5.91 Å². The highest BCUT2D eigenvalue weighted by molar-refractivity contribution is 5.75. The molecule has 0 atom stereocenters. The summed E-state index contributed by atoms with van der Waals surface area (Å²) in [5.41, 5.74) is 0. The smallest absolute Gasteiger partial charge is 0.219 e. The van der Waals surface area contributed by atoms with Gasteiger partial charge in [-0.2, -0.15) is 0 Å². The molecule has 0 bridgehead atoms. The van der Waals surface area contributed by atoms with Crippen LogP contribution in [-0.2, 0) is 4.79 Å². The zero-order chi connectivity index (χ0) is 12.1. The molecule has 3 heteroatoms. The van der Waals surface area contributed by atoms with E-state index < -0.39 is 0 Å². The molecule has 0 aliphatic rings. The lowest BCUT2D eigenvalue weighted by molar-refractivity contribution is -0.121. The Bertz CT molecular complexity index is 160. The summed E-state index contributed by atoms with van der Waals surface area (Å²) < 4.78 is 0. The fourth-order valence-electron chi connectivity index (χ4n) is 1.65. The van der Waals surface area contributed by atoms with Gasteiger partial charge in [0.05, 0.1) is 0 Å². The zero-order valence-corrected chi connectivity index (χ0v) is 11.0. The Morgan fingerprint density at radius 3 is 2.31 bits per heavy atom. The van der Waals surface area contributed by atoms with Gasteiger partial charge in [-0.1, -0.05) is 39.0 Å². The second kappa shape index (κ2) is 12.5. The Morgan fingerprint density at radius 2 is 1.62 bits per heavy atom. The lowest BCUT2D eigenvalue weighted by Crippen LogP contribution is -2.26. The highest BCUT2D eigenvalue weighted by Gasteiger charge is 1.99. The summed E-state index contributed by atoms with van der Waals surface area (Å²) in [5, 5.41) is 6.00. The molecular formula is C13H28N2O. The van der Waals surface area contributed by atoms with Gasteiger partial charge in [0.1, 0.15) is 0 Å². The lowest BCUT2D eigenvalue weighted by atomic mass is 10.1. The van der Waals surface area contributed by atoms with E-state index in [1.165, 1.54) is 32.1 Å². The molecule has 1 amide bonds. The molecule has 0 aliphatic heterocycles. The third-order valence-corrected chi connectivity index (χ3v) is 2.68. The summed E-state index contributed by atoms with van der Waals surface area (Å²) in [6.45, 7) is 3.99. The molecule has 0 heterocycles. The maximum absolute atomic E-state index is 11.4. The Hall–Kier alpha value is -0.570. The van der Waals surface area contributed by atoms with Crippen molar-refractivity contribution in [2.45, 2.75) is 58.3 Å². The Labute approximate surface area is 100 Å². The quantitative estimate of drug-likeness (QED) is 0.533. The van der Waals surface area contributed by atoms with Crippen molar-refractivity contribution in [1.82, 2.24) is 10.6 Å². The van der Waals surface area contributed by atoms with Gasteiger partial charge in [-0.05, 0) is 26.4 Å². The van der Waals surface area contributed by atoms with Crippen molar-refractivity contribution >= 4 is 5.91 Å². The van der Waals surface area contributed by atoms with Gasteiger partial charge >= 0.3 is 0 Å². The molecule has 0 fully saturated rings. The van der Waals surface area contributed by atoms with Crippen LogP contribution in [0.4, 0.5) is 0 Å². The van der Waals surface area contributed by atoms with Crippen LogP contribution in [0.2, 0.25) is 0 Å². The first-order valence-corrected chi connectivity index (χ1v) is 6.72. The van der Waals surface area contributed by atoms with Crippen molar-refractivity contribution < 1.29 is 4.79 Å². The predicted molar refractivity (Wildman–Crippen MR) is 69.5 cm³/mol.